The lowest BCUT2D eigenvalue weighted by Crippen LogP contribution is -2.44. The van der Waals surface area contributed by atoms with Gasteiger partial charge in [0.25, 0.3) is 5.91 Å². The highest BCUT2D eigenvalue weighted by atomic mass is 19.3. The minimum atomic E-state index is -2.99. The maximum Gasteiger partial charge on any atom is 0.387 e. The summed E-state index contributed by atoms with van der Waals surface area (Å²) in [5.41, 5.74) is 0.162. The van der Waals surface area contributed by atoms with Crippen LogP contribution in [0, 0.1) is 0 Å². The number of methoxy groups -OCH3 is 1. The van der Waals surface area contributed by atoms with E-state index in [2.05, 4.69) is 15.4 Å². The molecular weight excluding hydrogens is 298 g/mol. The number of hydrogen-bond acceptors (Lipinski definition) is 4. The minimum absolute atomic E-state index is 0.00128. The number of amides is 2. The first-order valence-corrected chi connectivity index (χ1v) is 6.60. The molecule has 0 aliphatic rings. The van der Waals surface area contributed by atoms with Crippen molar-refractivity contribution < 1.29 is 27.8 Å². The van der Waals surface area contributed by atoms with Crippen molar-refractivity contribution in [3.63, 3.8) is 0 Å². The Morgan fingerprint density at radius 2 is 1.95 bits per heavy atom. The largest absolute Gasteiger partial charge is 0.493 e. The number of alkyl halides is 2. The SMILES string of the molecule is CCNC(=O)C(C)NC(=O)c1ccc(OC(F)F)c(OC)c1. The molecule has 0 aromatic heterocycles. The van der Waals surface area contributed by atoms with E-state index in [1.807, 2.05) is 0 Å². The average molecular weight is 316 g/mol. The van der Waals surface area contributed by atoms with Gasteiger partial charge in [-0.3, -0.25) is 9.59 Å². The van der Waals surface area contributed by atoms with E-state index in [0.29, 0.717) is 6.54 Å². The van der Waals surface area contributed by atoms with Gasteiger partial charge < -0.3 is 20.1 Å². The lowest BCUT2D eigenvalue weighted by molar-refractivity contribution is -0.122. The molecule has 0 spiro atoms. The third-order valence-corrected chi connectivity index (χ3v) is 2.73. The van der Waals surface area contributed by atoms with Crippen LogP contribution in [0.1, 0.15) is 24.2 Å². The molecule has 2 N–H and O–H groups in total. The maximum absolute atomic E-state index is 12.2. The van der Waals surface area contributed by atoms with Gasteiger partial charge in [0, 0.05) is 12.1 Å². The van der Waals surface area contributed by atoms with E-state index in [1.54, 1.807) is 6.92 Å². The smallest absolute Gasteiger partial charge is 0.387 e. The van der Waals surface area contributed by atoms with Crippen molar-refractivity contribution in [2.75, 3.05) is 13.7 Å². The van der Waals surface area contributed by atoms with Crippen molar-refractivity contribution in [3.05, 3.63) is 23.8 Å². The van der Waals surface area contributed by atoms with E-state index in [1.165, 1.54) is 32.2 Å². The Balaban J connectivity index is 2.84. The van der Waals surface area contributed by atoms with Gasteiger partial charge in [0.1, 0.15) is 6.04 Å². The van der Waals surface area contributed by atoms with E-state index < -0.39 is 18.6 Å². The zero-order valence-corrected chi connectivity index (χ0v) is 12.5. The summed E-state index contributed by atoms with van der Waals surface area (Å²) < 4.78 is 33.6. The van der Waals surface area contributed by atoms with E-state index >= 15 is 0 Å². The fraction of sp³-hybridized carbons (Fsp3) is 0.429. The van der Waals surface area contributed by atoms with Crippen molar-refractivity contribution in [2.24, 2.45) is 0 Å². The summed E-state index contributed by atoms with van der Waals surface area (Å²) >= 11 is 0. The normalized spacial score (nSPS) is 11.7. The van der Waals surface area contributed by atoms with Gasteiger partial charge >= 0.3 is 6.61 Å². The van der Waals surface area contributed by atoms with Crippen LogP contribution in [0.3, 0.4) is 0 Å². The molecule has 8 heteroatoms. The first-order chi connectivity index (χ1) is 10.4. The fourth-order valence-corrected chi connectivity index (χ4v) is 1.68. The maximum atomic E-state index is 12.2. The molecule has 122 valence electrons. The van der Waals surface area contributed by atoms with Crippen molar-refractivity contribution in [1.82, 2.24) is 10.6 Å². The van der Waals surface area contributed by atoms with Crippen molar-refractivity contribution in [1.29, 1.82) is 0 Å². The van der Waals surface area contributed by atoms with Crippen LogP contribution in [0.15, 0.2) is 18.2 Å². The Hall–Kier alpha value is -2.38. The number of rotatable bonds is 7. The van der Waals surface area contributed by atoms with Gasteiger partial charge in [-0.2, -0.15) is 8.78 Å². The van der Waals surface area contributed by atoms with Crippen LogP contribution in [0.2, 0.25) is 0 Å². The van der Waals surface area contributed by atoms with Gasteiger partial charge in [-0.05, 0) is 32.0 Å². The lowest BCUT2D eigenvalue weighted by atomic mass is 10.1. The first-order valence-electron chi connectivity index (χ1n) is 6.60. The van der Waals surface area contributed by atoms with E-state index in [-0.39, 0.29) is 23.0 Å². The third kappa shape index (κ3) is 4.87. The van der Waals surface area contributed by atoms with Gasteiger partial charge in [-0.15, -0.1) is 0 Å². The van der Waals surface area contributed by atoms with Crippen molar-refractivity contribution >= 4 is 11.8 Å². The first kappa shape index (κ1) is 17.7. The standard InChI is InChI=1S/C14H18F2N2O4/c1-4-17-12(19)8(2)18-13(20)9-5-6-10(22-14(15)16)11(7-9)21-3/h5-8,14H,4H2,1-3H3,(H,17,19)(H,18,20). The summed E-state index contributed by atoms with van der Waals surface area (Å²) in [6.45, 7) is 0.756. The highest BCUT2D eigenvalue weighted by Gasteiger charge is 2.18. The highest BCUT2D eigenvalue weighted by Crippen LogP contribution is 2.29. The number of carbonyl (C=O) groups excluding carboxylic acids is 2. The van der Waals surface area contributed by atoms with Crippen molar-refractivity contribution in [2.45, 2.75) is 26.5 Å². The van der Waals surface area contributed by atoms with Crippen LogP contribution in [0.4, 0.5) is 8.78 Å². The number of benzene rings is 1. The Morgan fingerprint density at radius 1 is 1.27 bits per heavy atom. The quantitative estimate of drug-likeness (QED) is 0.800. The molecule has 1 aromatic rings. The van der Waals surface area contributed by atoms with Crippen LogP contribution in [-0.2, 0) is 4.79 Å². The van der Waals surface area contributed by atoms with Gasteiger partial charge in [-0.1, -0.05) is 0 Å². The molecule has 0 saturated carbocycles. The summed E-state index contributed by atoms with van der Waals surface area (Å²) in [5.74, 6) is -1.02. The number of nitrogens with one attached hydrogen (secondary N) is 2. The van der Waals surface area contributed by atoms with E-state index in [0.717, 1.165) is 0 Å². The van der Waals surface area contributed by atoms with E-state index in [4.69, 9.17) is 4.74 Å². The average Bonchev–Trinajstić information content (AvgIpc) is 2.47. The summed E-state index contributed by atoms with van der Waals surface area (Å²) in [6.07, 6.45) is 0. The van der Waals surface area contributed by atoms with Gasteiger partial charge in [-0.25, -0.2) is 0 Å². The number of ether oxygens (including phenoxy) is 2. The van der Waals surface area contributed by atoms with Crippen LogP contribution >= 0.6 is 0 Å². The predicted octanol–water partition coefficient (Wildman–Crippen LogP) is 1.55. The number of likely N-dealkylation sites (N-methyl/N-ethyl adjacent to an activating group) is 1. The molecule has 0 saturated heterocycles. The fourth-order valence-electron chi connectivity index (χ4n) is 1.68. The van der Waals surface area contributed by atoms with Crippen LogP contribution in [0.5, 0.6) is 11.5 Å². The zero-order valence-electron chi connectivity index (χ0n) is 12.5. The Bertz CT molecular complexity index is 538. The Morgan fingerprint density at radius 3 is 2.50 bits per heavy atom. The molecule has 6 nitrogen and oxygen atoms in total. The highest BCUT2D eigenvalue weighted by molar-refractivity contribution is 5.97. The molecule has 0 bridgehead atoms. The monoisotopic (exact) mass is 316 g/mol. The van der Waals surface area contributed by atoms with Gasteiger partial charge in [0.05, 0.1) is 7.11 Å². The molecule has 0 fully saturated rings. The van der Waals surface area contributed by atoms with Crippen molar-refractivity contribution in [3.8, 4) is 11.5 Å². The lowest BCUT2D eigenvalue weighted by Gasteiger charge is -2.15. The molecule has 1 unspecified atom stereocenters. The molecule has 0 aliphatic carbocycles. The molecule has 1 rings (SSSR count). The predicted molar refractivity (Wildman–Crippen MR) is 75.2 cm³/mol. The van der Waals surface area contributed by atoms with E-state index in [9.17, 15) is 18.4 Å². The van der Waals surface area contributed by atoms with Crippen LogP contribution in [0.25, 0.3) is 0 Å². The Labute approximate surface area is 126 Å². The summed E-state index contributed by atoms with van der Waals surface area (Å²) in [7, 11) is 1.27. The topological polar surface area (TPSA) is 76.7 Å². The van der Waals surface area contributed by atoms with Gasteiger partial charge in [0.2, 0.25) is 5.91 Å². The summed E-state index contributed by atoms with van der Waals surface area (Å²) in [4.78, 5) is 23.6. The molecule has 1 atom stereocenters. The molecule has 22 heavy (non-hydrogen) atoms. The Kier molecular flexibility index (Phi) is 6.55. The second kappa shape index (κ2) is 8.16. The second-order valence-corrected chi connectivity index (χ2v) is 4.33. The zero-order chi connectivity index (χ0) is 16.7. The summed E-state index contributed by atoms with van der Waals surface area (Å²) in [5, 5.41) is 5.07. The molecule has 0 aliphatic heterocycles. The van der Waals surface area contributed by atoms with Crippen LogP contribution < -0.4 is 20.1 Å². The van der Waals surface area contributed by atoms with Gasteiger partial charge in [0.15, 0.2) is 11.5 Å². The number of carbonyl (C=O) groups is 2. The van der Waals surface area contributed by atoms with Crippen LogP contribution in [-0.4, -0.2) is 38.1 Å². The number of hydrogen-bond donors (Lipinski definition) is 2. The second-order valence-electron chi connectivity index (χ2n) is 4.33. The summed E-state index contributed by atoms with van der Waals surface area (Å²) in [6, 6.07) is 3.05. The molecular formula is C14H18F2N2O4. The third-order valence-electron chi connectivity index (χ3n) is 2.73. The molecule has 0 radical (unpaired) electrons. The molecule has 1 aromatic carbocycles. The minimum Gasteiger partial charge on any atom is -0.493 e. The number of halogens is 2. The molecule has 2 amide bonds. The molecule has 0 heterocycles.